The van der Waals surface area contributed by atoms with Crippen LogP contribution in [0.1, 0.15) is 11.1 Å². The third-order valence-electron chi connectivity index (χ3n) is 3.05. The molecule has 2 rings (SSSR count). The lowest BCUT2D eigenvalue weighted by Crippen LogP contribution is -2.21. The molecule has 5 nitrogen and oxygen atoms in total. The van der Waals surface area contributed by atoms with Gasteiger partial charge in [0.2, 0.25) is 5.95 Å². The molecule has 0 unspecified atom stereocenters. The highest BCUT2D eigenvalue weighted by molar-refractivity contribution is 5.40. The molecule has 112 valence electrons. The molecule has 0 saturated carbocycles. The first-order valence-corrected chi connectivity index (χ1v) is 7.14. The van der Waals surface area contributed by atoms with Gasteiger partial charge in [0.1, 0.15) is 5.82 Å². The molecule has 0 amide bonds. The van der Waals surface area contributed by atoms with Gasteiger partial charge >= 0.3 is 0 Å². The standard InChI is InChI=1S/C16H23N5/c1-13-5-4-6-14(11-13)12-19-16-18-8-7-15(20-16)17-9-10-21(2)3/h4-8,11H,9-10,12H2,1-3H3,(H2,17,18,19,20). The average Bonchev–Trinajstić information content (AvgIpc) is 2.45. The number of hydrogen-bond acceptors (Lipinski definition) is 5. The lowest BCUT2D eigenvalue weighted by atomic mass is 10.1. The van der Waals surface area contributed by atoms with Gasteiger partial charge in [-0.15, -0.1) is 0 Å². The largest absolute Gasteiger partial charge is 0.369 e. The molecule has 0 aliphatic heterocycles. The molecule has 1 heterocycles. The van der Waals surface area contributed by atoms with Crippen LogP contribution in [0, 0.1) is 6.92 Å². The van der Waals surface area contributed by atoms with Crippen molar-refractivity contribution in [2.24, 2.45) is 0 Å². The third kappa shape index (κ3) is 5.39. The molecule has 0 aliphatic carbocycles. The van der Waals surface area contributed by atoms with Gasteiger partial charge in [-0.1, -0.05) is 29.8 Å². The molecule has 0 spiro atoms. The SMILES string of the molecule is Cc1cccc(CNc2nccc(NCCN(C)C)n2)c1. The Balaban J connectivity index is 1.88. The van der Waals surface area contributed by atoms with Crippen LogP contribution < -0.4 is 10.6 Å². The summed E-state index contributed by atoms with van der Waals surface area (Å²) in [4.78, 5) is 10.8. The van der Waals surface area contributed by atoms with E-state index in [1.165, 1.54) is 11.1 Å². The Bertz CT molecular complexity index is 568. The van der Waals surface area contributed by atoms with Gasteiger partial charge in [0.15, 0.2) is 0 Å². The molecular formula is C16H23N5. The first kappa shape index (κ1) is 15.3. The van der Waals surface area contributed by atoms with Gasteiger partial charge in [-0.05, 0) is 32.6 Å². The maximum atomic E-state index is 4.46. The van der Waals surface area contributed by atoms with E-state index in [0.29, 0.717) is 5.95 Å². The molecular weight excluding hydrogens is 262 g/mol. The second-order valence-corrected chi connectivity index (χ2v) is 5.34. The molecule has 0 bridgehead atoms. The predicted octanol–water partition coefficient (Wildman–Crippen LogP) is 2.37. The molecule has 21 heavy (non-hydrogen) atoms. The van der Waals surface area contributed by atoms with Crippen molar-refractivity contribution in [3.63, 3.8) is 0 Å². The van der Waals surface area contributed by atoms with Crippen LogP contribution in [0.25, 0.3) is 0 Å². The van der Waals surface area contributed by atoms with Crippen LogP contribution in [0.3, 0.4) is 0 Å². The maximum absolute atomic E-state index is 4.46. The van der Waals surface area contributed by atoms with Crippen LogP contribution in [0.15, 0.2) is 36.5 Å². The average molecular weight is 285 g/mol. The maximum Gasteiger partial charge on any atom is 0.224 e. The van der Waals surface area contributed by atoms with Crippen LogP contribution >= 0.6 is 0 Å². The Hall–Kier alpha value is -2.14. The van der Waals surface area contributed by atoms with E-state index in [-0.39, 0.29) is 0 Å². The zero-order chi connectivity index (χ0) is 15.1. The first-order valence-electron chi connectivity index (χ1n) is 7.14. The highest BCUT2D eigenvalue weighted by atomic mass is 15.1. The summed E-state index contributed by atoms with van der Waals surface area (Å²) in [7, 11) is 4.10. The minimum atomic E-state index is 0.645. The molecule has 1 aromatic carbocycles. The van der Waals surface area contributed by atoms with Gasteiger partial charge in [0, 0.05) is 25.8 Å². The number of nitrogens with one attached hydrogen (secondary N) is 2. The van der Waals surface area contributed by atoms with Gasteiger partial charge in [0.05, 0.1) is 0 Å². The number of aryl methyl sites for hydroxylation is 1. The van der Waals surface area contributed by atoms with E-state index in [1.54, 1.807) is 6.20 Å². The second-order valence-electron chi connectivity index (χ2n) is 5.34. The van der Waals surface area contributed by atoms with Gasteiger partial charge in [-0.3, -0.25) is 0 Å². The molecule has 0 aliphatic rings. The predicted molar refractivity (Wildman–Crippen MR) is 87.6 cm³/mol. The van der Waals surface area contributed by atoms with Crippen molar-refractivity contribution in [3.05, 3.63) is 47.7 Å². The molecule has 0 fully saturated rings. The van der Waals surface area contributed by atoms with Crippen LogP contribution in [0.4, 0.5) is 11.8 Å². The Morgan fingerprint density at radius 3 is 2.76 bits per heavy atom. The summed E-state index contributed by atoms with van der Waals surface area (Å²) < 4.78 is 0. The van der Waals surface area contributed by atoms with Crippen molar-refractivity contribution in [1.29, 1.82) is 0 Å². The summed E-state index contributed by atoms with van der Waals surface area (Å²) in [5, 5.41) is 6.55. The number of likely N-dealkylation sites (N-methyl/N-ethyl adjacent to an activating group) is 1. The molecule has 0 atom stereocenters. The van der Waals surface area contributed by atoms with E-state index in [0.717, 1.165) is 25.5 Å². The lowest BCUT2D eigenvalue weighted by Gasteiger charge is -2.11. The van der Waals surface area contributed by atoms with Crippen molar-refractivity contribution in [2.45, 2.75) is 13.5 Å². The summed E-state index contributed by atoms with van der Waals surface area (Å²) >= 11 is 0. The molecule has 2 aromatic rings. The molecule has 5 heteroatoms. The smallest absolute Gasteiger partial charge is 0.224 e. The Kier molecular flexibility index (Phi) is 5.51. The number of hydrogen-bond donors (Lipinski definition) is 2. The van der Waals surface area contributed by atoms with Crippen molar-refractivity contribution in [1.82, 2.24) is 14.9 Å². The van der Waals surface area contributed by atoms with E-state index in [4.69, 9.17) is 0 Å². The summed E-state index contributed by atoms with van der Waals surface area (Å²) in [6.07, 6.45) is 1.77. The lowest BCUT2D eigenvalue weighted by molar-refractivity contribution is 0.425. The number of rotatable bonds is 7. The number of benzene rings is 1. The highest BCUT2D eigenvalue weighted by Crippen LogP contribution is 2.09. The fraction of sp³-hybridized carbons (Fsp3) is 0.375. The van der Waals surface area contributed by atoms with Crippen LogP contribution in [-0.2, 0) is 6.54 Å². The first-order chi connectivity index (χ1) is 10.1. The fourth-order valence-corrected chi connectivity index (χ4v) is 1.95. The summed E-state index contributed by atoms with van der Waals surface area (Å²) in [6, 6.07) is 10.3. The third-order valence-corrected chi connectivity index (χ3v) is 3.05. The topological polar surface area (TPSA) is 53.1 Å². The van der Waals surface area contributed by atoms with Crippen molar-refractivity contribution >= 4 is 11.8 Å². The van der Waals surface area contributed by atoms with Crippen LogP contribution in [0.2, 0.25) is 0 Å². The van der Waals surface area contributed by atoms with Crippen molar-refractivity contribution in [2.75, 3.05) is 37.8 Å². The Morgan fingerprint density at radius 2 is 2.00 bits per heavy atom. The Labute approximate surface area is 126 Å². The van der Waals surface area contributed by atoms with Crippen LogP contribution in [0.5, 0.6) is 0 Å². The fourth-order valence-electron chi connectivity index (χ4n) is 1.95. The minimum Gasteiger partial charge on any atom is -0.369 e. The Morgan fingerprint density at radius 1 is 1.14 bits per heavy atom. The van der Waals surface area contributed by atoms with Gasteiger partial charge < -0.3 is 15.5 Å². The monoisotopic (exact) mass is 285 g/mol. The van der Waals surface area contributed by atoms with Gasteiger partial charge in [0.25, 0.3) is 0 Å². The highest BCUT2D eigenvalue weighted by Gasteiger charge is 2.00. The van der Waals surface area contributed by atoms with Crippen LogP contribution in [-0.4, -0.2) is 42.1 Å². The summed E-state index contributed by atoms with van der Waals surface area (Å²) in [5.41, 5.74) is 2.49. The van der Waals surface area contributed by atoms with E-state index in [2.05, 4.69) is 70.8 Å². The molecule has 2 N–H and O–H groups in total. The molecule has 1 aromatic heterocycles. The van der Waals surface area contributed by atoms with E-state index in [9.17, 15) is 0 Å². The van der Waals surface area contributed by atoms with Gasteiger partial charge in [-0.25, -0.2) is 4.98 Å². The zero-order valence-corrected chi connectivity index (χ0v) is 12.9. The minimum absolute atomic E-state index is 0.645. The normalized spacial score (nSPS) is 10.7. The van der Waals surface area contributed by atoms with Gasteiger partial charge in [-0.2, -0.15) is 4.98 Å². The number of aromatic nitrogens is 2. The number of nitrogens with zero attached hydrogens (tertiary/aromatic N) is 3. The second kappa shape index (κ2) is 7.59. The van der Waals surface area contributed by atoms with Crippen molar-refractivity contribution in [3.8, 4) is 0 Å². The summed E-state index contributed by atoms with van der Waals surface area (Å²) in [5.74, 6) is 1.49. The quantitative estimate of drug-likeness (QED) is 0.818. The number of anilines is 2. The molecule has 0 radical (unpaired) electrons. The summed E-state index contributed by atoms with van der Waals surface area (Å²) in [6.45, 7) is 4.65. The van der Waals surface area contributed by atoms with E-state index < -0.39 is 0 Å². The van der Waals surface area contributed by atoms with Crippen molar-refractivity contribution < 1.29 is 0 Å². The van der Waals surface area contributed by atoms with E-state index >= 15 is 0 Å². The zero-order valence-electron chi connectivity index (χ0n) is 12.9. The van der Waals surface area contributed by atoms with E-state index in [1.807, 2.05) is 6.07 Å². The molecule has 0 saturated heterocycles.